The van der Waals surface area contributed by atoms with Gasteiger partial charge in [0.2, 0.25) is 0 Å². The van der Waals surface area contributed by atoms with E-state index in [1.807, 2.05) is 0 Å². The molecule has 2 unspecified atom stereocenters. The molecule has 0 heterocycles. The summed E-state index contributed by atoms with van der Waals surface area (Å²) < 4.78 is -1.25. The number of carbonyl (C=O) groups is 1. The van der Waals surface area contributed by atoms with Crippen LogP contribution >= 0.6 is 22.6 Å². The van der Waals surface area contributed by atoms with Gasteiger partial charge in [0.05, 0.1) is 4.92 Å². The van der Waals surface area contributed by atoms with Crippen LogP contribution in [-0.4, -0.2) is 19.5 Å². The molecule has 76 valence electrons. The van der Waals surface area contributed by atoms with E-state index in [2.05, 4.69) is 0 Å². The van der Waals surface area contributed by atoms with Crippen molar-refractivity contribution in [3.8, 4) is 0 Å². The fraction of sp³-hybridized carbons (Fsp3) is 0.286. The zero-order valence-corrected chi connectivity index (χ0v) is 9.04. The summed E-state index contributed by atoms with van der Waals surface area (Å²) in [5, 5.41) is 19.4. The first-order chi connectivity index (χ1) is 6.36. The largest absolute Gasteiger partial charge is 0.481 e. The molecule has 1 aliphatic carbocycles. The predicted octanol–water partition coefficient (Wildman–Crippen LogP) is 0.508. The summed E-state index contributed by atoms with van der Waals surface area (Å²) >= 11 is 1.68. The van der Waals surface area contributed by atoms with Crippen LogP contribution in [0.1, 0.15) is 0 Å². The Kier molecular flexibility index (Phi) is 2.90. The van der Waals surface area contributed by atoms with Gasteiger partial charge >= 0.3 is 5.97 Å². The Balaban J connectivity index is 3.17. The third-order valence-corrected chi connectivity index (χ3v) is 2.80. The maximum Gasteiger partial charge on any atom is 0.320 e. The molecule has 2 atom stereocenters. The van der Waals surface area contributed by atoms with Gasteiger partial charge in [-0.25, -0.2) is 0 Å². The third-order valence-electron chi connectivity index (χ3n) is 1.81. The first-order valence-corrected chi connectivity index (χ1v) is 4.68. The second kappa shape index (κ2) is 3.65. The summed E-state index contributed by atoms with van der Waals surface area (Å²) in [7, 11) is 0. The van der Waals surface area contributed by atoms with E-state index in [1.165, 1.54) is 12.2 Å². The molecule has 3 N–H and O–H groups in total. The molecule has 0 aliphatic heterocycles. The van der Waals surface area contributed by atoms with Gasteiger partial charge in [-0.3, -0.25) is 14.9 Å². The van der Waals surface area contributed by atoms with Crippen molar-refractivity contribution < 1.29 is 14.8 Å². The number of nitrogens with zero attached hydrogens (tertiary/aromatic N) is 1. The average Bonchev–Trinajstić information content (AvgIpc) is 2.00. The van der Waals surface area contributed by atoms with Crippen LogP contribution in [0.5, 0.6) is 0 Å². The van der Waals surface area contributed by atoms with E-state index in [1.54, 1.807) is 22.6 Å². The van der Waals surface area contributed by atoms with E-state index < -0.39 is 26.1 Å². The van der Waals surface area contributed by atoms with Crippen LogP contribution in [0.3, 0.4) is 0 Å². The smallest absolute Gasteiger partial charge is 0.320 e. The molecule has 0 radical (unpaired) electrons. The highest BCUT2D eigenvalue weighted by Crippen LogP contribution is 2.33. The van der Waals surface area contributed by atoms with Gasteiger partial charge in [-0.1, -0.05) is 34.7 Å². The van der Waals surface area contributed by atoms with Crippen molar-refractivity contribution in [1.82, 2.24) is 0 Å². The highest BCUT2D eigenvalue weighted by molar-refractivity contribution is 14.1. The molecule has 1 aliphatic rings. The van der Waals surface area contributed by atoms with Gasteiger partial charge in [-0.15, -0.1) is 0 Å². The fourth-order valence-electron chi connectivity index (χ4n) is 1.20. The summed E-state index contributed by atoms with van der Waals surface area (Å²) in [5.41, 5.74) is 5.23. The molecule has 14 heavy (non-hydrogen) atoms. The lowest BCUT2D eigenvalue weighted by Crippen LogP contribution is -2.46. The Morgan fingerprint density at radius 2 is 2.36 bits per heavy atom. The monoisotopic (exact) mass is 310 g/mol. The number of nitrogens with two attached hydrogens (primary N) is 1. The number of nitro groups is 1. The summed E-state index contributed by atoms with van der Waals surface area (Å²) in [6.07, 6.45) is 3.98. The van der Waals surface area contributed by atoms with Gasteiger partial charge in [0, 0.05) is 6.08 Å². The predicted molar refractivity (Wildman–Crippen MR) is 56.3 cm³/mol. The minimum atomic E-state index is -1.32. The van der Waals surface area contributed by atoms with Crippen LogP contribution < -0.4 is 5.73 Å². The number of aliphatic carboxylic acids is 1. The summed E-state index contributed by atoms with van der Waals surface area (Å²) in [5.74, 6) is -2.61. The van der Waals surface area contributed by atoms with E-state index in [0.29, 0.717) is 0 Å². The topological polar surface area (TPSA) is 106 Å². The van der Waals surface area contributed by atoms with Crippen LogP contribution in [-0.2, 0) is 4.79 Å². The van der Waals surface area contributed by atoms with Crippen molar-refractivity contribution in [3.63, 3.8) is 0 Å². The van der Waals surface area contributed by atoms with E-state index in [0.717, 1.165) is 6.08 Å². The summed E-state index contributed by atoms with van der Waals surface area (Å²) in [6, 6.07) is 0. The molecule has 0 aromatic carbocycles. The SMILES string of the molecule is NC1(I)C=CC=C([N+](=O)[O-])C1C(=O)O. The average molecular weight is 310 g/mol. The molecule has 0 aromatic heterocycles. The van der Waals surface area contributed by atoms with Gasteiger partial charge in [0.15, 0.2) is 5.92 Å². The molecular formula is C7H7IN2O4. The lowest BCUT2D eigenvalue weighted by atomic mass is 9.92. The highest BCUT2D eigenvalue weighted by Gasteiger charge is 2.46. The summed E-state index contributed by atoms with van der Waals surface area (Å²) in [4.78, 5) is 20.6. The van der Waals surface area contributed by atoms with Crippen molar-refractivity contribution in [2.75, 3.05) is 0 Å². The highest BCUT2D eigenvalue weighted by atomic mass is 127. The minimum absolute atomic E-state index is 0.392. The quantitative estimate of drug-likeness (QED) is 0.254. The molecular weight excluding hydrogens is 303 g/mol. The molecule has 0 saturated heterocycles. The van der Waals surface area contributed by atoms with E-state index in [4.69, 9.17) is 10.8 Å². The molecule has 0 fully saturated rings. The molecule has 0 saturated carbocycles. The fourth-order valence-corrected chi connectivity index (χ4v) is 1.99. The van der Waals surface area contributed by atoms with Crippen molar-refractivity contribution in [3.05, 3.63) is 34.0 Å². The molecule has 0 spiro atoms. The maximum atomic E-state index is 10.8. The first kappa shape index (κ1) is 11.1. The number of halogens is 1. The van der Waals surface area contributed by atoms with Gasteiger partial charge in [-0.05, 0) is 0 Å². The van der Waals surface area contributed by atoms with Crippen LogP contribution in [0.2, 0.25) is 0 Å². The second-order valence-corrected chi connectivity index (χ2v) is 4.67. The number of rotatable bonds is 2. The Hall–Kier alpha value is -0.960. The van der Waals surface area contributed by atoms with E-state index in [9.17, 15) is 14.9 Å². The minimum Gasteiger partial charge on any atom is -0.481 e. The second-order valence-electron chi connectivity index (χ2n) is 2.81. The molecule has 0 bridgehead atoms. The van der Waals surface area contributed by atoms with Gasteiger partial charge < -0.3 is 10.8 Å². The van der Waals surface area contributed by atoms with Crippen molar-refractivity contribution in [1.29, 1.82) is 0 Å². The number of alkyl halides is 1. The lowest BCUT2D eigenvalue weighted by Gasteiger charge is -2.25. The maximum absolute atomic E-state index is 10.8. The number of hydrogen-bond donors (Lipinski definition) is 2. The normalized spacial score (nSPS) is 31.0. The van der Waals surface area contributed by atoms with Crippen LogP contribution in [0.4, 0.5) is 0 Å². The number of carboxylic acid groups (broad SMARTS) is 1. The number of carboxylic acids is 1. The molecule has 7 heteroatoms. The Morgan fingerprint density at radius 1 is 1.79 bits per heavy atom. The molecule has 0 amide bonds. The van der Waals surface area contributed by atoms with Crippen molar-refractivity contribution >= 4 is 28.6 Å². The Morgan fingerprint density at radius 3 is 2.71 bits per heavy atom. The van der Waals surface area contributed by atoms with Gasteiger partial charge in [-0.2, -0.15) is 0 Å². The van der Waals surface area contributed by atoms with Gasteiger partial charge in [0.1, 0.15) is 3.55 Å². The zero-order valence-electron chi connectivity index (χ0n) is 6.88. The summed E-state index contributed by atoms with van der Waals surface area (Å²) in [6.45, 7) is 0. The van der Waals surface area contributed by atoms with Gasteiger partial charge in [0.25, 0.3) is 5.70 Å². The van der Waals surface area contributed by atoms with Crippen LogP contribution in [0.15, 0.2) is 23.9 Å². The molecule has 0 aromatic rings. The Bertz CT molecular complexity index is 348. The van der Waals surface area contributed by atoms with Crippen molar-refractivity contribution in [2.45, 2.75) is 3.55 Å². The molecule has 6 nitrogen and oxygen atoms in total. The van der Waals surface area contributed by atoms with E-state index in [-0.39, 0.29) is 0 Å². The molecule has 1 rings (SSSR count). The number of hydrogen-bond acceptors (Lipinski definition) is 4. The third kappa shape index (κ3) is 1.93. The number of allylic oxidation sites excluding steroid dienone is 2. The van der Waals surface area contributed by atoms with Crippen LogP contribution in [0.25, 0.3) is 0 Å². The van der Waals surface area contributed by atoms with E-state index >= 15 is 0 Å². The van der Waals surface area contributed by atoms with Crippen molar-refractivity contribution in [2.24, 2.45) is 11.7 Å². The first-order valence-electron chi connectivity index (χ1n) is 3.60. The Labute approximate surface area is 92.8 Å². The zero-order chi connectivity index (χ0) is 10.9. The lowest BCUT2D eigenvalue weighted by molar-refractivity contribution is -0.433. The standard InChI is InChI=1S/C7H7IN2O4/c8-7(9)3-1-2-4(10(13)14)5(7)6(11)12/h1-3,5H,9H2,(H,11,12). The van der Waals surface area contributed by atoms with Crippen LogP contribution in [0, 0.1) is 16.0 Å².